The maximum Gasteiger partial charge on any atom is 0.242 e. The third-order valence-corrected chi connectivity index (χ3v) is 8.67. The van der Waals surface area contributed by atoms with Gasteiger partial charge in [-0.3, -0.25) is 19.3 Å². The van der Waals surface area contributed by atoms with Gasteiger partial charge in [0.25, 0.3) is 0 Å². The molecule has 2 aromatic heterocycles. The van der Waals surface area contributed by atoms with Gasteiger partial charge < -0.3 is 9.80 Å². The number of para-hydroxylation sites is 3. The molecule has 5 aromatic rings. The molecule has 2 atom stereocenters. The maximum atomic E-state index is 14.7. The maximum absolute atomic E-state index is 14.7. The van der Waals surface area contributed by atoms with Crippen LogP contribution in [0.4, 0.5) is 5.69 Å². The molecule has 2 aliphatic rings. The minimum Gasteiger partial charge on any atom is -0.338 e. The number of carbonyl (C=O) groups is 2. The predicted octanol–water partition coefficient (Wildman–Crippen LogP) is 5.27. The molecule has 2 aliphatic heterocycles. The summed E-state index contributed by atoms with van der Waals surface area (Å²) < 4.78 is 1.99. The van der Waals surface area contributed by atoms with Crippen LogP contribution >= 0.6 is 0 Å². The molecule has 0 saturated carbocycles. The molecule has 2 amide bonds. The van der Waals surface area contributed by atoms with Gasteiger partial charge in [-0.2, -0.15) is 5.10 Å². The van der Waals surface area contributed by atoms with Gasteiger partial charge in [-0.05, 0) is 43.9 Å². The molecule has 4 heterocycles. The Morgan fingerprint density at radius 3 is 2.52 bits per heavy atom. The first-order valence-corrected chi connectivity index (χ1v) is 14.8. The summed E-state index contributed by atoms with van der Waals surface area (Å²) in [6, 6.07) is 25.7. The highest BCUT2D eigenvalue weighted by Gasteiger charge is 2.40. The van der Waals surface area contributed by atoms with E-state index in [4.69, 9.17) is 0 Å². The molecule has 0 radical (unpaired) electrons. The fraction of sp³-hybridized carbons (Fsp3) is 0.303. The number of fused-ring (bicyclic) bond motifs is 4. The lowest BCUT2D eigenvalue weighted by Gasteiger charge is -2.37. The number of rotatable bonds is 6. The highest BCUT2D eigenvalue weighted by atomic mass is 16.2. The fourth-order valence-corrected chi connectivity index (χ4v) is 6.53. The highest BCUT2D eigenvalue weighted by Crippen LogP contribution is 2.39. The van der Waals surface area contributed by atoms with E-state index in [1.165, 1.54) is 0 Å². The van der Waals surface area contributed by atoms with E-state index >= 15 is 0 Å². The smallest absolute Gasteiger partial charge is 0.242 e. The number of H-pyrrole nitrogens is 1. The lowest BCUT2D eigenvalue weighted by molar-refractivity contribution is -0.135. The Bertz CT molecular complexity index is 1760. The van der Waals surface area contributed by atoms with Gasteiger partial charge in [0, 0.05) is 35.7 Å². The van der Waals surface area contributed by atoms with Crippen molar-refractivity contribution in [3.8, 4) is 17.1 Å². The molecule has 2 unspecified atom stereocenters. The fourth-order valence-electron chi connectivity index (χ4n) is 6.53. The number of amides is 2. The van der Waals surface area contributed by atoms with Crippen LogP contribution in [0.3, 0.4) is 0 Å². The Balaban J connectivity index is 1.37. The van der Waals surface area contributed by atoms with E-state index < -0.39 is 5.92 Å². The summed E-state index contributed by atoms with van der Waals surface area (Å²) in [6.45, 7) is 2.84. The zero-order chi connectivity index (χ0) is 28.6. The molecule has 1 N–H and O–H groups in total. The first-order chi connectivity index (χ1) is 20.6. The van der Waals surface area contributed by atoms with Crippen LogP contribution in [0, 0.1) is 0 Å². The zero-order valence-corrected chi connectivity index (χ0v) is 23.6. The van der Waals surface area contributed by atoms with Crippen LogP contribution in [0.1, 0.15) is 50.0 Å². The van der Waals surface area contributed by atoms with E-state index in [-0.39, 0.29) is 24.4 Å². The Hall–Kier alpha value is -4.79. The van der Waals surface area contributed by atoms with Gasteiger partial charge in [-0.25, -0.2) is 0 Å². The number of carbonyl (C=O) groups excluding carboxylic acids is 2. The van der Waals surface area contributed by atoms with Crippen LogP contribution in [0.15, 0.2) is 78.9 Å². The molecule has 3 aromatic carbocycles. The number of anilines is 1. The third kappa shape index (κ3) is 4.45. The van der Waals surface area contributed by atoms with Crippen molar-refractivity contribution in [1.82, 2.24) is 29.9 Å². The van der Waals surface area contributed by atoms with Crippen molar-refractivity contribution in [3.05, 3.63) is 90.4 Å². The van der Waals surface area contributed by atoms with Crippen LogP contribution < -0.4 is 4.90 Å². The molecule has 1 saturated heterocycles. The number of hydrogen-bond acceptors (Lipinski definition) is 5. The summed E-state index contributed by atoms with van der Waals surface area (Å²) in [5, 5.41) is 17.9. The minimum atomic E-state index is -0.692. The number of aromatic amines is 1. The molecular weight excluding hydrogens is 526 g/mol. The number of nitrogens with zero attached hydrogens (tertiary/aromatic N) is 6. The largest absolute Gasteiger partial charge is 0.338 e. The summed E-state index contributed by atoms with van der Waals surface area (Å²) in [4.78, 5) is 32.2. The van der Waals surface area contributed by atoms with Crippen molar-refractivity contribution in [2.75, 3.05) is 18.0 Å². The molecule has 0 aliphatic carbocycles. The van der Waals surface area contributed by atoms with Crippen LogP contribution in [-0.2, 0) is 16.0 Å². The number of nitrogens with one attached hydrogen (secondary N) is 1. The van der Waals surface area contributed by atoms with E-state index in [0.717, 1.165) is 60.1 Å². The number of hydrogen-bond donors (Lipinski definition) is 1. The Labute approximate surface area is 244 Å². The second-order valence-electron chi connectivity index (χ2n) is 11.1. The van der Waals surface area contributed by atoms with Crippen molar-refractivity contribution >= 4 is 28.4 Å². The summed E-state index contributed by atoms with van der Waals surface area (Å²) in [5.41, 5.74) is 4.04. The van der Waals surface area contributed by atoms with E-state index in [0.29, 0.717) is 23.8 Å². The minimum absolute atomic E-state index is 0.0172. The second-order valence-corrected chi connectivity index (χ2v) is 11.1. The summed E-state index contributed by atoms with van der Waals surface area (Å²) in [7, 11) is 0. The molecule has 0 spiro atoms. The Kier molecular flexibility index (Phi) is 6.77. The van der Waals surface area contributed by atoms with Gasteiger partial charge in [0.05, 0.1) is 16.9 Å². The monoisotopic (exact) mass is 559 g/mol. The number of aromatic nitrogens is 5. The second kappa shape index (κ2) is 10.9. The Morgan fingerprint density at radius 1 is 0.929 bits per heavy atom. The van der Waals surface area contributed by atoms with E-state index in [9.17, 15) is 9.59 Å². The molecular formula is C33H33N7O2. The summed E-state index contributed by atoms with van der Waals surface area (Å²) in [5.74, 6) is 0.314. The number of benzene rings is 3. The van der Waals surface area contributed by atoms with E-state index in [2.05, 4.69) is 27.3 Å². The predicted molar refractivity (Wildman–Crippen MR) is 161 cm³/mol. The highest BCUT2D eigenvalue weighted by molar-refractivity contribution is 6.05. The number of likely N-dealkylation sites (tertiary alicyclic amines) is 1. The summed E-state index contributed by atoms with van der Waals surface area (Å²) in [6.07, 6.45) is 4.37. The molecule has 9 heteroatoms. The average Bonchev–Trinajstić information content (AvgIpc) is 3.65. The van der Waals surface area contributed by atoms with Crippen molar-refractivity contribution < 1.29 is 9.59 Å². The first-order valence-electron chi connectivity index (χ1n) is 14.8. The van der Waals surface area contributed by atoms with E-state index in [1.54, 1.807) is 4.90 Å². The van der Waals surface area contributed by atoms with Crippen molar-refractivity contribution in [1.29, 1.82) is 0 Å². The van der Waals surface area contributed by atoms with Crippen LogP contribution in [0.25, 0.3) is 28.0 Å². The van der Waals surface area contributed by atoms with Gasteiger partial charge in [0.15, 0.2) is 11.6 Å². The van der Waals surface area contributed by atoms with Gasteiger partial charge in [0.1, 0.15) is 12.5 Å². The SMILES string of the molecule is CCC1CCCCN1C(=O)CN1C(=O)C(Cc2[nH]nc3ccccc23)c2nnc(-c3ccccc3)n2-c2ccccc21. The zero-order valence-electron chi connectivity index (χ0n) is 23.6. The van der Waals surface area contributed by atoms with Gasteiger partial charge in [-0.15, -0.1) is 10.2 Å². The van der Waals surface area contributed by atoms with Crippen molar-refractivity contribution in [2.24, 2.45) is 0 Å². The first kappa shape index (κ1) is 26.1. The lowest BCUT2D eigenvalue weighted by atomic mass is 9.98. The van der Waals surface area contributed by atoms with Crippen LogP contribution in [0.2, 0.25) is 0 Å². The molecule has 9 nitrogen and oxygen atoms in total. The normalized spacial score (nSPS) is 18.5. The quantitative estimate of drug-likeness (QED) is 0.305. The lowest BCUT2D eigenvalue weighted by Crippen LogP contribution is -2.49. The van der Waals surface area contributed by atoms with Gasteiger partial charge in [-0.1, -0.05) is 67.6 Å². The molecule has 1 fully saturated rings. The molecule has 7 rings (SSSR count). The summed E-state index contributed by atoms with van der Waals surface area (Å²) >= 11 is 0. The standard InChI is InChI=1S/C33H33N7O2/c1-2-23-14-10-11-19-38(23)30(41)21-39-28-17-8-9-18-29(28)40-31(22-12-4-3-5-13-22)36-37-32(40)25(33(39)42)20-27-24-15-6-7-16-26(24)34-35-27/h3-9,12-13,15-18,23,25H,2,10-11,14,19-21H2,1H3,(H,34,35). The molecule has 42 heavy (non-hydrogen) atoms. The topological polar surface area (TPSA) is 100 Å². The molecule has 212 valence electrons. The van der Waals surface area contributed by atoms with E-state index in [1.807, 2.05) is 88.3 Å². The van der Waals surface area contributed by atoms with Gasteiger partial charge >= 0.3 is 0 Å². The van der Waals surface area contributed by atoms with Crippen molar-refractivity contribution in [2.45, 2.75) is 51.0 Å². The molecule has 0 bridgehead atoms. The van der Waals surface area contributed by atoms with Crippen LogP contribution in [-0.4, -0.2) is 60.8 Å². The third-order valence-electron chi connectivity index (χ3n) is 8.67. The average molecular weight is 560 g/mol. The van der Waals surface area contributed by atoms with Crippen molar-refractivity contribution in [3.63, 3.8) is 0 Å². The Morgan fingerprint density at radius 2 is 1.69 bits per heavy atom. The van der Waals surface area contributed by atoms with Gasteiger partial charge in [0.2, 0.25) is 11.8 Å². The number of piperidine rings is 1. The van der Waals surface area contributed by atoms with Crippen LogP contribution in [0.5, 0.6) is 0 Å².